The van der Waals surface area contributed by atoms with Crippen molar-refractivity contribution in [2.75, 3.05) is 18.1 Å². The van der Waals surface area contributed by atoms with Crippen molar-refractivity contribution in [2.45, 2.75) is 59.6 Å². The summed E-state index contributed by atoms with van der Waals surface area (Å²) in [5.41, 5.74) is 3.77. The van der Waals surface area contributed by atoms with E-state index in [0.717, 1.165) is 33.5 Å². The van der Waals surface area contributed by atoms with E-state index >= 15 is 0 Å². The standard InChI is InChI=1S/C35H36N2O6S/c1-6-41-28-18-22(8-12-27(28)42-14-13-19(2)3)31-30(32(38)23-9-11-26-24(17-23)16-21(5)43-26)33(39)34(40)37(31)35-36-25-10-7-20(4)15-29(25)44-35/h7-12,15,17-19,21,31,38H,6,13-14,16H2,1-5H3/b32-30+. The fourth-order valence-electron chi connectivity index (χ4n) is 5.68. The molecular formula is C35H36N2O6S. The van der Waals surface area contributed by atoms with E-state index in [0.29, 0.717) is 53.3 Å². The molecule has 0 radical (unpaired) electrons. The van der Waals surface area contributed by atoms with Crippen molar-refractivity contribution in [3.05, 3.63) is 82.4 Å². The first-order chi connectivity index (χ1) is 21.1. The first-order valence-electron chi connectivity index (χ1n) is 15.0. The number of ketones is 1. The molecule has 3 aromatic carbocycles. The molecule has 2 unspecified atom stereocenters. The number of aliphatic hydroxyl groups excluding tert-OH is 1. The number of aliphatic hydroxyl groups is 1. The van der Waals surface area contributed by atoms with Crippen LogP contribution in [0.15, 0.2) is 60.2 Å². The number of anilines is 1. The predicted molar refractivity (Wildman–Crippen MR) is 172 cm³/mol. The fourth-order valence-corrected chi connectivity index (χ4v) is 6.77. The van der Waals surface area contributed by atoms with Crippen molar-refractivity contribution in [1.29, 1.82) is 0 Å². The minimum Gasteiger partial charge on any atom is -0.507 e. The molecule has 2 atom stereocenters. The Labute approximate surface area is 260 Å². The lowest BCUT2D eigenvalue weighted by Crippen LogP contribution is -2.29. The molecule has 6 rings (SSSR count). The number of carbonyl (C=O) groups is 2. The average Bonchev–Trinajstić information content (AvgIpc) is 3.65. The van der Waals surface area contributed by atoms with Gasteiger partial charge in [0.1, 0.15) is 17.6 Å². The Bertz CT molecular complexity index is 1790. The van der Waals surface area contributed by atoms with Crippen LogP contribution in [0.3, 0.4) is 0 Å². The number of Topliss-reactive ketones (excluding diaryl/α,β-unsaturated/α-hetero) is 1. The molecule has 1 fully saturated rings. The lowest BCUT2D eigenvalue weighted by atomic mass is 9.94. The van der Waals surface area contributed by atoms with Crippen LogP contribution in [0.5, 0.6) is 17.2 Å². The van der Waals surface area contributed by atoms with Crippen LogP contribution in [0.25, 0.3) is 16.0 Å². The number of rotatable bonds is 9. The van der Waals surface area contributed by atoms with Crippen LogP contribution in [-0.2, 0) is 16.0 Å². The number of amides is 1. The summed E-state index contributed by atoms with van der Waals surface area (Å²) in [5.74, 6) is 0.551. The van der Waals surface area contributed by atoms with Gasteiger partial charge in [0.15, 0.2) is 16.6 Å². The second-order valence-corrected chi connectivity index (χ2v) is 12.8. The van der Waals surface area contributed by atoms with Gasteiger partial charge in [0.05, 0.1) is 35.0 Å². The number of hydrogen-bond acceptors (Lipinski definition) is 8. The van der Waals surface area contributed by atoms with Gasteiger partial charge < -0.3 is 19.3 Å². The summed E-state index contributed by atoms with van der Waals surface area (Å²) in [7, 11) is 0. The third-order valence-electron chi connectivity index (χ3n) is 7.89. The smallest absolute Gasteiger partial charge is 0.301 e. The molecule has 8 nitrogen and oxygen atoms in total. The molecule has 228 valence electrons. The van der Waals surface area contributed by atoms with Crippen LogP contribution in [-0.4, -0.2) is 41.1 Å². The second kappa shape index (κ2) is 12.0. The Balaban J connectivity index is 1.50. The van der Waals surface area contributed by atoms with Crippen LogP contribution in [0.1, 0.15) is 62.4 Å². The molecule has 2 aliphatic rings. The molecule has 1 aromatic heterocycles. The molecule has 4 aromatic rings. The van der Waals surface area contributed by atoms with Gasteiger partial charge in [-0.3, -0.25) is 14.5 Å². The number of aryl methyl sites for hydroxylation is 1. The Hall–Kier alpha value is -4.37. The molecule has 9 heteroatoms. The van der Waals surface area contributed by atoms with Crippen LogP contribution in [0.4, 0.5) is 5.13 Å². The highest BCUT2D eigenvalue weighted by Crippen LogP contribution is 2.46. The first kappa shape index (κ1) is 29.7. The molecule has 1 saturated heterocycles. The molecule has 0 bridgehead atoms. The van der Waals surface area contributed by atoms with Gasteiger partial charge in [0.25, 0.3) is 5.78 Å². The van der Waals surface area contributed by atoms with Crippen molar-refractivity contribution in [1.82, 2.24) is 4.98 Å². The van der Waals surface area contributed by atoms with Crippen LogP contribution >= 0.6 is 11.3 Å². The number of hydrogen-bond donors (Lipinski definition) is 1. The Kier molecular flexibility index (Phi) is 8.07. The number of aromatic nitrogens is 1. The van der Waals surface area contributed by atoms with Crippen LogP contribution < -0.4 is 19.1 Å². The molecule has 0 aliphatic carbocycles. The average molecular weight is 613 g/mol. The summed E-state index contributed by atoms with van der Waals surface area (Å²) >= 11 is 1.34. The number of fused-ring (bicyclic) bond motifs is 2. The number of ether oxygens (including phenoxy) is 3. The van der Waals surface area contributed by atoms with E-state index in [1.54, 1.807) is 24.3 Å². The monoisotopic (exact) mass is 612 g/mol. The molecule has 0 spiro atoms. The lowest BCUT2D eigenvalue weighted by molar-refractivity contribution is -0.132. The van der Waals surface area contributed by atoms with E-state index in [1.807, 2.05) is 51.1 Å². The van der Waals surface area contributed by atoms with Gasteiger partial charge in [-0.25, -0.2) is 4.98 Å². The fraction of sp³-hybridized carbons (Fsp3) is 0.343. The Morgan fingerprint density at radius 2 is 1.91 bits per heavy atom. The van der Waals surface area contributed by atoms with E-state index in [1.165, 1.54) is 16.2 Å². The summed E-state index contributed by atoms with van der Waals surface area (Å²) in [6.07, 6.45) is 1.60. The molecule has 2 aliphatic heterocycles. The number of benzene rings is 3. The van der Waals surface area contributed by atoms with Crippen LogP contribution in [0, 0.1) is 12.8 Å². The van der Waals surface area contributed by atoms with E-state index in [2.05, 4.69) is 13.8 Å². The largest absolute Gasteiger partial charge is 0.507 e. The molecule has 44 heavy (non-hydrogen) atoms. The first-order valence-corrected chi connectivity index (χ1v) is 15.8. The van der Waals surface area contributed by atoms with Gasteiger partial charge >= 0.3 is 5.91 Å². The minimum absolute atomic E-state index is 0.00623. The van der Waals surface area contributed by atoms with Crippen molar-refractivity contribution in [3.8, 4) is 17.2 Å². The third-order valence-corrected chi connectivity index (χ3v) is 8.91. The predicted octanol–water partition coefficient (Wildman–Crippen LogP) is 7.38. The summed E-state index contributed by atoms with van der Waals surface area (Å²) in [6, 6.07) is 15.7. The quantitative estimate of drug-likeness (QED) is 0.120. The summed E-state index contributed by atoms with van der Waals surface area (Å²) < 4.78 is 18.8. The van der Waals surface area contributed by atoms with Gasteiger partial charge in [0, 0.05) is 12.0 Å². The van der Waals surface area contributed by atoms with Gasteiger partial charge in [0.2, 0.25) is 0 Å². The van der Waals surface area contributed by atoms with Crippen LogP contribution in [0.2, 0.25) is 0 Å². The number of thiazole rings is 1. The Morgan fingerprint density at radius 1 is 1.09 bits per heavy atom. The topological polar surface area (TPSA) is 98.2 Å². The zero-order chi connectivity index (χ0) is 31.1. The number of nitrogens with zero attached hydrogens (tertiary/aromatic N) is 2. The summed E-state index contributed by atoms with van der Waals surface area (Å²) in [6.45, 7) is 11.1. The van der Waals surface area contributed by atoms with Gasteiger partial charge in [-0.15, -0.1) is 0 Å². The summed E-state index contributed by atoms with van der Waals surface area (Å²) in [5, 5.41) is 12.1. The number of carbonyl (C=O) groups excluding carboxylic acids is 2. The van der Waals surface area contributed by atoms with E-state index in [9.17, 15) is 14.7 Å². The van der Waals surface area contributed by atoms with E-state index < -0.39 is 17.7 Å². The van der Waals surface area contributed by atoms with Crippen molar-refractivity contribution in [3.63, 3.8) is 0 Å². The van der Waals surface area contributed by atoms with Gasteiger partial charge in [-0.2, -0.15) is 0 Å². The maximum Gasteiger partial charge on any atom is 0.301 e. The normalized spacial score (nSPS) is 19.1. The van der Waals surface area contributed by atoms with Gasteiger partial charge in [-0.05, 0) is 92.3 Å². The molecular weight excluding hydrogens is 576 g/mol. The SMILES string of the molecule is CCOc1cc(C2/C(=C(\O)c3ccc4c(c3)CC(C)O4)C(=O)C(=O)N2c2nc3ccc(C)cc3s2)ccc1OCCC(C)C. The molecule has 1 N–H and O–H groups in total. The molecule has 3 heterocycles. The molecule has 1 amide bonds. The van der Waals surface area contributed by atoms with Crippen molar-refractivity contribution in [2.24, 2.45) is 5.92 Å². The third kappa shape index (κ3) is 5.52. The van der Waals surface area contributed by atoms with Gasteiger partial charge in [-0.1, -0.05) is 37.3 Å². The maximum absolute atomic E-state index is 13.8. The summed E-state index contributed by atoms with van der Waals surface area (Å²) in [4.78, 5) is 33.8. The van der Waals surface area contributed by atoms with Crippen molar-refractivity contribution >= 4 is 44.1 Å². The Morgan fingerprint density at radius 3 is 2.68 bits per heavy atom. The van der Waals surface area contributed by atoms with E-state index in [4.69, 9.17) is 19.2 Å². The maximum atomic E-state index is 13.8. The highest BCUT2D eigenvalue weighted by atomic mass is 32.1. The lowest BCUT2D eigenvalue weighted by Gasteiger charge is -2.24. The van der Waals surface area contributed by atoms with E-state index in [-0.39, 0.29) is 17.4 Å². The zero-order valence-electron chi connectivity index (χ0n) is 25.5. The highest BCUT2D eigenvalue weighted by Gasteiger charge is 2.48. The second-order valence-electron chi connectivity index (χ2n) is 11.8. The molecule has 0 saturated carbocycles. The van der Waals surface area contributed by atoms with Crippen molar-refractivity contribution < 1.29 is 28.9 Å². The zero-order valence-corrected chi connectivity index (χ0v) is 26.4. The minimum atomic E-state index is -0.941. The highest BCUT2D eigenvalue weighted by molar-refractivity contribution is 7.22.